The van der Waals surface area contributed by atoms with E-state index in [-0.39, 0.29) is 5.41 Å². The predicted octanol–water partition coefficient (Wildman–Crippen LogP) is 2.64. The Morgan fingerprint density at radius 1 is 1.33 bits per heavy atom. The molecule has 5 nitrogen and oxygen atoms in total. The summed E-state index contributed by atoms with van der Waals surface area (Å²) in [5, 5.41) is 3.93. The SMILES string of the molecule is CC(C)(CCN)CCc1nc(-c2ccoc2)no1. The first-order valence-corrected chi connectivity index (χ1v) is 6.16. The predicted molar refractivity (Wildman–Crippen MR) is 67.8 cm³/mol. The fourth-order valence-corrected chi connectivity index (χ4v) is 1.83. The van der Waals surface area contributed by atoms with Crippen molar-refractivity contribution >= 4 is 0 Å². The molecule has 0 saturated carbocycles. The minimum absolute atomic E-state index is 0.207. The van der Waals surface area contributed by atoms with Gasteiger partial charge in [-0.2, -0.15) is 4.98 Å². The number of furan rings is 1. The fourth-order valence-electron chi connectivity index (χ4n) is 1.83. The molecule has 5 heteroatoms. The normalized spacial score (nSPS) is 11.9. The van der Waals surface area contributed by atoms with Crippen molar-refractivity contribution in [3.63, 3.8) is 0 Å². The van der Waals surface area contributed by atoms with Crippen LogP contribution in [0.4, 0.5) is 0 Å². The lowest BCUT2D eigenvalue weighted by atomic mass is 9.84. The molecular formula is C13H19N3O2. The lowest BCUT2D eigenvalue weighted by Crippen LogP contribution is -2.17. The van der Waals surface area contributed by atoms with Gasteiger partial charge in [0.15, 0.2) is 0 Å². The highest BCUT2D eigenvalue weighted by Crippen LogP contribution is 2.26. The monoisotopic (exact) mass is 249 g/mol. The second-order valence-electron chi connectivity index (χ2n) is 5.23. The van der Waals surface area contributed by atoms with Gasteiger partial charge < -0.3 is 14.7 Å². The molecule has 0 atom stereocenters. The highest BCUT2D eigenvalue weighted by Gasteiger charge is 2.18. The molecule has 2 aromatic heterocycles. The van der Waals surface area contributed by atoms with Crippen LogP contribution in [0, 0.1) is 5.41 Å². The summed E-state index contributed by atoms with van der Waals surface area (Å²) >= 11 is 0. The van der Waals surface area contributed by atoms with Gasteiger partial charge in [0.05, 0.1) is 11.8 Å². The molecule has 2 N–H and O–H groups in total. The van der Waals surface area contributed by atoms with Crippen molar-refractivity contribution < 1.29 is 8.94 Å². The van der Waals surface area contributed by atoms with Gasteiger partial charge >= 0.3 is 0 Å². The molecule has 0 aromatic carbocycles. The van der Waals surface area contributed by atoms with Crippen molar-refractivity contribution in [1.82, 2.24) is 10.1 Å². The van der Waals surface area contributed by atoms with Gasteiger partial charge in [-0.15, -0.1) is 0 Å². The summed E-state index contributed by atoms with van der Waals surface area (Å²) in [7, 11) is 0. The van der Waals surface area contributed by atoms with E-state index in [2.05, 4.69) is 24.0 Å². The first-order valence-electron chi connectivity index (χ1n) is 6.16. The van der Waals surface area contributed by atoms with Crippen LogP contribution in [0.5, 0.6) is 0 Å². The summed E-state index contributed by atoms with van der Waals surface area (Å²) in [6, 6.07) is 1.81. The van der Waals surface area contributed by atoms with Crippen LogP contribution in [0.2, 0.25) is 0 Å². The lowest BCUT2D eigenvalue weighted by molar-refractivity contribution is 0.289. The second-order valence-corrected chi connectivity index (χ2v) is 5.23. The second kappa shape index (κ2) is 5.35. The molecule has 18 heavy (non-hydrogen) atoms. The zero-order valence-electron chi connectivity index (χ0n) is 10.8. The quantitative estimate of drug-likeness (QED) is 0.851. The van der Waals surface area contributed by atoms with Gasteiger partial charge in [-0.25, -0.2) is 0 Å². The van der Waals surface area contributed by atoms with Crippen molar-refractivity contribution in [3.05, 3.63) is 24.5 Å². The number of aryl methyl sites for hydroxylation is 1. The Hall–Kier alpha value is -1.62. The third-order valence-electron chi connectivity index (χ3n) is 3.08. The maximum Gasteiger partial charge on any atom is 0.226 e. The zero-order valence-corrected chi connectivity index (χ0v) is 10.8. The first kappa shape index (κ1) is 12.8. The van der Waals surface area contributed by atoms with Crippen molar-refractivity contribution in [2.24, 2.45) is 11.1 Å². The Labute approximate surface area is 106 Å². The van der Waals surface area contributed by atoms with Crippen LogP contribution in [0.15, 0.2) is 27.5 Å². The van der Waals surface area contributed by atoms with Crippen molar-refractivity contribution in [3.8, 4) is 11.4 Å². The van der Waals surface area contributed by atoms with Crippen LogP contribution < -0.4 is 5.73 Å². The van der Waals surface area contributed by atoms with Gasteiger partial charge in [-0.1, -0.05) is 19.0 Å². The third kappa shape index (κ3) is 3.20. The molecule has 2 heterocycles. The van der Waals surface area contributed by atoms with E-state index in [1.807, 2.05) is 6.07 Å². The topological polar surface area (TPSA) is 78.1 Å². The Morgan fingerprint density at radius 3 is 2.83 bits per heavy atom. The van der Waals surface area contributed by atoms with E-state index in [9.17, 15) is 0 Å². The molecule has 0 amide bonds. The fraction of sp³-hybridized carbons (Fsp3) is 0.538. The summed E-state index contributed by atoms with van der Waals surface area (Å²) < 4.78 is 10.2. The number of nitrogens with two attached hydrogens (primary N) is 1. The summed E-state index contributed by atoms with van der Waals surface area (Å²) in [4.78, 5) is 4.35. The molecule has 0 saturated heterocycles. The molecule has 2 rings (SSSR count). The maximum atomic E-state index is 5.59. The van der Waals surface area contributed by atoms with Crippen molar-refractivity contribution in [2.45, 2.75) is 33.1 Å². The minimum atomic E-state index is 0.207. The summed E-state index contributed by atoms with van der Waals surface area (Å²) in [5.41, 5.74) is 6.64. The molecule has 98 valence electrons. The van der Waals surface area contributed by atoms with E-state index in [4.69, 9.17) is 14.7 Å². The minimum Gasteiger partial charge on any atom is -0.472 e. The van der Waals surface area contributed by atoms with Gasteiger partial charge in [0.2, 0.25) is 11.7 Å². The van der Waals surface area contributed by atoms with Gasteiger partial charge in [-0.05, 0) is 30.9 Å². The average Bonchev–Trinajstić information content (AvgIpc) is 2.97. The van der Waals surface area contributed by atoms with E-state index >= 15 is 0 Å². The third-order valence-corrected chi connectivity index (χ3v) is 3.08. The molecule has 0 aliphatic carbocycles. The Balaban J connectivity index is 1.95. The standard InChI is InChI=1S/C13H19N3O2/c1-13(2,6-7-14)5-3-11-15-12(16-18-11)10-4-8-17-9-10/h4,8-9H,3,5-7,14H2,1-2H3. The van der Waals surface area contributed by atoms with Crippen LogP contribution in [-0.2, 0) is 6.42 Å². The van der Waals surface area contributed by atoms with Gasteiger partial charge in [0, 0.05) is 6.42 Å². The lowest BCUT2D eigenvalue weighted by Gasteiger charge is -2.22. The number of hydrogen-bond donors (Lipinski definition) is 1. The Kier molecular flexibility index (Phi) is 3.81. The smallest absolute Gasteiger partial charge is 0.226 e. The number of hydrogen-bond acceptors (Lipinski definition) is 5. The van der Waals surface area contributed by atoms with Crippen LogP contribution in [0.1, 0.15) is 32.6 Å². The Bertz CT molecular complexity index is 474. The largest absolute Gasteiger partial charge is 0.472 e. The molecule has 0 aliphatic rings. The average molecular weight is 249 g/mol. The number of nitrogens with zero attached hydrogens (tertiary/aromatic N) is 2. The van der Waals surface area contributed by atoms with E-state index in [1.54, 1.807) is 12.5 Å². The summed E-state index contributed by atoms with van der Waals surface area (Å²) in [6.07, 6.45) is 5.95. The number of aromatic nitrogens is 2. The van der Waals surface area contributed by atoms with E-state index in [1.165, 1.54) is 0 Å². The molecule has 0 bridgehead atoms. The van der Waals surface area contributed by atoms with Crippen LogP contribution in [-0.4, -0.2) is 16.7 Å². The van der Waals surface area contributed by atoms with Crippen molar-refractivity contribution in [2.75, 3.05) is 6.54 Å². The van der Waals surface area contributed by atoms with Gasteiger partial charge in [0.1, 0.15) is 6.26 Å². The highest BCUT2D eigenvalue weighted by atomic mass is 16.5. The molecule has 0 unspecified atom stereocenters. The molecule has 2 aromatic rings. The van der Waals surface area contributed by atoms with Gasteiger partial charge in [0.25, 0.3) is 0 Å². The van der Waals surface area contributed by atoms with E-state index in [0.717, 1.165) is 24.8 Å². The van der Waals surface area contributed by atoms with E-state index < -0.39 is 0 Å². The molecule has 0 fully saturated rings. The maximum absolute atomic E-state index is 5.59. The summed E-state index contributed by atoms with van der Waals surface area (Å²) in [5.74, 6) is 1.24. The van der Waals surface area contributed by atoms with E-state index in [0.29, 0.717) is 18.3 Å². The molecule has 0 aliphatic heterocycles. The highest BCUT2D eigenvalue weighted by molar-refractivity contribution is 5.51. The van der Waals surface area contributed by atoms with Gasteiger partial charge in [-0.3, -0.25) is 0 Å². The van der Waals surface area contributed by atoms with Crippen molar-refractivity contribution in [1.29, 1.82) is 0 Å². The molecular weight excluding hydrogens is 230 g/mol. The first-order chi connectivity index (χ1) is 8.61. The summed E-state index contributed by atoms with van der Waals surface area (Å²) in [6.45, 7) is 5.11. The molecule has 0 radical (unpaired) electrons. The van der Waals surface area contributed by atoms with Crippen LogP contribution >= 0.6 is 0 Å². The van der Waals surface area contributed by atoms with Crippen LogP contribution in [0.25, 0.3) is 11.4 Å². The van der Waals surface area contributed by atoms with Crippen LogP contribution in [0.3, 0.4) is 0 Å². The number of rotatable bonds is 6. The Morgan fingerprint density at radius 2 is 2.17 bits per heavy atom. The molecule has 0 spiro atoms. The zero-order chi connectivity index (χ0) is 13.0.